The number of hydrogen-bond acceptors (Lipinski definition) is 2. The maximum absolute atomic E-state index is 9.61. The van der Waals surface area contributed by atoms with Gasteiger partial charge in [0.05, 0.1) is 51.9 Å². The second-order valence-electron chi connectivity index (χ2n) is 12.3. The molecule has 0 unspecified atom stereocenters. The molecule has 2 heterocycles. The van der Waals surface area contributed by atoms with Crippen LogP contribution >= 0.6 is 0 Å². The molecular formula is C45H25N5. The zero-order chi connectivity index (χ0) is 33.8. The van der Waals surface area contributed by atoms with Gasteiger partial charge in [0.2, 0.25) is 0 Å². The Labute approximate surface area is 288 Å². The monoisotopic (exact) mass is 635 g/mol. The maximum Gasteiger partial charge on any atom is 0.189 e. The minimum atomic E-state index is 0.562. The highest BCUT2D eigenvalue weighted by Gasteiger charge is 2.17. The van der Waals surface area contributed by atoms with E-state index in [-0.39, 0.29) is 0 Å². The molecule has 0 N–H and O–H groups in total. The Morgan fingerprint density at radius 2 is 1.02 bits per heavy atom. The Kier molecular flexibility index (Phi) is 6.56. The summed E-state index contributed by atoms with van der Waals surface area (Å²) >= 11 is 0. The first-order valence-electron chi connectivity index (χ1n) is 16.2. The molecule has 9 rings (SSSR count). The molecule has 0 saturated carbocycles. The average molecular weight is 636 g/mol. The lowest BCUT2D eigenvalue weighted by Crippen LogP contribution is -1.97. The highest BCUT2D eigenvalue weighted by molar-refractivity contribution is 6.11. The molecule has 50 heavy (non-hydrogen) atoms. The van der Waals surface area contributed by atoms with Crippen LogP contribution in [-0.2, 0) is 0 Å². The molecule has 0 bridgehead atoms. The van der Waals surface area contributed by atoms with Crippen molar-refractivity contribution in [3.8, 4) is 45.8 Å². The van der Waals surface area contributed by atoms with E-state index < -0.39 is 0 Å². The highest BCUT2D eigenvalue weighted by atomic mass is 15.0. The first-order valence-corrected chi connectivity index (χ1v) is 16.2. The topological polar surface area (TPSA) is 61.8 Å². The number of hydrogen-bond donors (Lipinski definition) is 0. The van der Waals surface area contributed by atoms with E-state index in [9.17, 15) is 10.5 Å². The molecule has 230 valence electrons. The predicted molar refractivity (Wildman–Crippen MR) is 202 cm³/mol. The molecule has 9 aromatic rings. The van der Waals surface area contributed by atoms with E-state index >= 15 is 0 Å². The lowest BCUT2D eigenvalue weighted by atomic mass is 9.98. The van der Waals surface area contributed by atoms with Crippen LogP contribution in [0.15, 0.2) is 152 Å². The van der Waals surface area contributed by atoms with Gasteiger partial charge < -0.3 is 9.13 Å². The lowest BCUT2D eigenvalue weighted by molar-refractivity contribution is 1.18. The van der Waals surface area contributed by atoms with E-state index in [4.69, 9.17) is 6.57 Å². The van der Waals surface area contributed by atoms with Crippen molar-refractivity contribution in [2.45, 2.75) is 0 Å². The average Bonchev–Trinajstić information content (AvgIpc) is 3.69. The Hall–Kier alpha value is -7.39. The SMILES string of the molecule is [C-]#[N+]c1ccc(-c2ccc(-c3ccc(-n4c5ccccc5c5ccc(C#N)cc54)cc3)cc2)c(-n2c3ccccc3c3cc(C#N)ccc32)c1. The summed E-state index contributed by atoms with van der Waals surface area (Å²) in [5, 5.41) is 23.5. The fourth-order valence-corrected chi connectivity index (χ4v) is 7.28. The van der Waals surface area contributed by atoms with Crippen LogP contribution in [0.2, 0.25) is 0 Å². The quantitative estimate of drug-likeness (QED) is 0.181. The van der Waals surface area contributed by atoms with Gasteiger partial charge in [0.25, 0.3) is 0 Å². The largest absolute Gasteiger partial charge is 0.310 e. The molecule has 2 aromatic heterocycles. The van der Waals surface area contributed by atoms with Crippen LogP contribution in [0.1, 0.15) is 11.1 Å². The minimum absolute atomic E-state index is 0.562. The van der Waals surface area contributed by atoms with Gasteiger partial charge >= 0.3 is 0 Å². The van der Waals surface area contributed by atoms with Crippen molar-refractivity contribution in [2.75, 3.05) is 0 Å². The van der Waals surface area contributed by atoms with E-state index in [0.717, 1.165) is 77.2 Å². The van der Waals surface area contributed by atoms with Gasteiger partial charge in [-0.25, -0.2) is 4.85 Å². The molecule has 0 aliphatic carbocycles. The van der Waals surface area contributed by atoms with E-state index in [0.29, 0.717) is 16.8 Å². The summed E-state index contributed by atoms with van der Waals surface area (Å²) in [5.74, 6) is 0. The van der Waals surface area contributed by atoms with Crippen LogP contribution in [-0.4, -0.2) is 9.13 Å². The molecule has 0 spiro atoms. The molecule has 0 atom stereocenters. The van der Waals surface area contributed by atoms with Gasteiger partial charge in [-0.3, -0.25) is 0 Å². The summed E-state index contributed by atoms with van der Waals surface area (Å²) in [6, 6.07) is 55.7. The zero-order valence-electron chi connectivity index (χ0n) is 26.7. The van der Waals surface area contributed by atoms with Crippen LogP contribution in [0.4, 0.5) is 5.69 Å². The summed E-state index contributed by atoms with van der Waals surface area (Å²) < 4.78 is 4.43. The third-order valence-electron chi connectivity index (χ3n) is 9.61. The number of rotatable bonds is 4. The number of nitriles is 2. The summed E-state index contributed by atoms with van der Waals surface area (Å²) in [7, 11) is 0. The highest BCUT2D eigenvalue weighted by Crippen LogP contribution is 2.39. The Morgan fingerprint density at radius 3 is 1.72 bits per heavy atom. The van der Waals surface area contributed by atoms with Gasteiger partial charge in [-0.15, -0.1) is 0 Å². The van der Waals surface area contributed by atoms with E-state index in [1.807, 2.05) is 78.9 Å². The minimum Gasteiger partial charge on any atom is -0.310 e. The smallest absolute Gasteiger partial charge is 0.189 e. The van der Waals surface area contributed by atoms with Crippen molar-refractivity contribution in [1.82, 2.24) is 9.13 Å². The van der Waals surface area contributed by atoms with Crippen LogP contribution in [0.5, 0.6) is 0 Å². The zero-order valence-corrected chi connectivity index (χ0v) is 26.7. The van der Waals surface area contributed by atoms with Crippen molar-refractivity contribution >= 4 is 49.3 Å². The maximum atomic E-state index is 9.61. The normalized spacial score (nSPS) is 11.1. The third kappa shape index (κ3) is 4.45. The molecule has 0 aliphatic heterocycles. The molecule has 0 saturated heterocycles. The van der Waals surface area contributed by atoms with Gasteiger partial charge in [0.1, 0.15) is 0 Å². The molecule has 0 fully saturated rings. The fourth-order valence-electron chi connectivity index (χ4n) is 7.28. The third-order valence-corrected chi connectivity index (χ3v) is 9.61. The molecule has 0 radical (unpaired) electrons. The number of para-hydroxylation sites is 2. The van der Waals surface area contributed by atoms with Crippen molar-refractivity contribution in [3.05, 3.63) is 174 Å². The van der Waals surface area contributed by atoms with Crippen molar-refractivity contribution in [3.63, 3.8) is 0 Å². The van der Waals surface area contributed by atoms with Gasteiger partial charge in [-0.1, -0.05) is 91.0 Å². The van der Waals surface area contributed by atoms with Gasteiger partial charge in [0.15, 0.2) is 5.69 Å². The number of nitrogens with zero attached hydrogens (tertiary/aromatic N) is 5. The van der Waals surface area contributed by atoms with Crippen LogP contribution in [0.25, 0.3) is 82.1 Å². The second-order valence-corrected chi connectivity index (χ2v) is 12.3. The van der Waals surface area contributed by atoms with Crippen LogP contribution in [0, 0.1) is 29.2 Å². The fraction of sp³-hybridized carbons (Fsp3) is 0. The number of aromatic nitrogens is 2. The van der Waals surface area contributed by atoms with Crippen molar-refractivity contribution in [1.29, 1.82) is 10.5 Å². The first-order chi connectivity index (χ1) is 24.6. The first kappa shape index (κ1) is 28.8. The standard InChI is InChI=1S/C45H25N5/c1-48-34-18-22-36(45(26-34)50-42-9-5-3-7-38(42)40-24-29(27-46)11-23-43(40)50)33-14-12-31(13-15-33)32-16-19-35(20-17-32)49-41-8-4-2-6-37(41)39-21-10-30(28-47)25-44(39)49/h2-26H. The molecular weight excluding hydrogens is 611 g/mol. The van der Waals surface area contributed by atoms with E-state index in [2.05, 4.69) is 98.9 Å². The lowest BCUT2D eigenvalue weighted by Gasteiger charge is -2.15. The van der Waals surface area contributed by atoms with Gasteiger partial charge in [-0.05, 0) is 77.4 Å². The van der Waals surface area contributed by atoms with Crippen molar-refractivity contribution < 1.29 is 0 Å². The van der Waals surface area contributed by atoms with E-state index in [1.54, 1.807) is 0 Å². The summed E-state index contributed by atoms with van der Waals surface area (Å²) in [5.41, 5.74) is 12.1. The van der Waals surface area contributed by atoms with Crippen LogP contribution < -0.4 is 0 Å². The van der Waals surface area contributed by atoms with Crippen molar-refractivity contribution in [2.24, 2.45) is 0 Å². The molecule has 0 amide bonds. The molecule has 0 aliphatic rings. The molecule has 5 nitrogen and oxygen atoms in total. The molecule has 7 aromatic carbocycles. The summed E-state index contributed by atoms with van der Waals surface area (Å²) in [4.78, 5) is 3.76. The Bertz CT molecular complexity index is 2940. The second kappa shape index (κ2) is 11.4. The Morgan fingerprint density at radius 1 is 0.460 bits per heavy atom. The Balaban J connectivity index is 1.12. The van der Waals surface area contributed by atoms with Gasteiger partial charge in [-0.2, -0.15) is 10.5 Å². The van der Waals surface area contributed by atoms with Gasteiger partial charge in [0, 0.05) is 38.5 Å². The summed E-state index contributed by atoms with van der Waals surface area (Å²) in [6.45, 7) is 7.77. The molecule has 5 heteroatoms. The number of benzene rings is 7. The summed E-state index contributed by atoms with van der Waals surface area (Å²) in [6.07, 6.45) is 0. The predicted octanol–water partition coefficient (Wildman–Crippen LogP) is 11.5. The van der Waals surface area contributed by atoms with Crippen LogP contribution in [0.3, 0.4) is 0 Å². The number of fused-ring (bicyclic) bond motifs is 6. The van der Waals surface area contributed by atoms with E-state index in [1.165, 1.54) is 0 Å².